The van der Waals surface area contributed by atoms with Crippen LogP contribution in [0.15, 0.2) is 30.5 Å². The minimum absolute atomic E-state index is 0.635. The number of ether oxygens (including phenoxy) is 1. The van der Waals surface area contributed by atoms with Crippen molar-refractivity contribution in [2.75, 3.05) is 18.2 Å². The Bertz CT molecular complexity index is 507. The summed E-state index contributed by atoms with van der Waals surface area (Å²) in [4.78, 5) is 0. The normalized spacial score (nSPS) is 10.2. The first-order valence-electron chi connectivity index (χ1n) is 5.47. The molecule has 0 saturated carbocycles. The summed E-state index contributed by atoms with van der Waals surface area (Å²) in [7, 11) is 1.62. The van der Waals surface area contributed by atoms with E-state index in [1.807, 2.05) is 36.0 Å². The van der Waals surface area contributed by atoms with Crippen molar-refractivity contribution in [1.29, 1.82) is 0 Å². The minimum Gasteiger partial charge on any atom is -0.497 e. The molecule has 0 unspecified atom stereocenters. The van der Waals surface area contributed by atoms with Gasteiger partial charge in [0.2, 0.25) is 0 Å². The molecule has 1 aromatic heterocycles. The summed E-state index contributed by atoms with van der Waals surface area (Å²) in [6.45, 7) is 2.89. The van der Waals surface area contributed by atoms with Crippen molar-refractivity contribution in [3.8, 4) is 5.75 Å². The molecule has 0 aliphatic rings. The topological polar surface area (TPSA) is 65.1 Å². The number of methoxy groups -OCH3 is 1. The van der Waals surface area contributed by atoms with Crippen LogP contribution in [0.2, 0.25) is 0 Å². The molecule has 1 aromatic carbocycles. The first kappa shape index (κ1) is 11.3. The first-order valence-corrected chi connectivity index (χ1v) is 5.47. The van der Waals surface area contributed by atoms with Gasteiger partial charge in [0.15, 0.2) is 5.82 Å². The van der Waals surface area contributed by atoms with Gasteiger partial charge in [-0.25, -0.2) is 0 Å². The lowest BCUT2D eigenvalue weighted by Crippen LogP contribution is -1.99. The third kappa shape index (κ3) is 2.50. The summed E-state index contributed by atoms with van der Waals surface area (Å²) in [5, 5.41) is 7.49. The Morgan fingerprint density at radius 3 is 2.82 bits per heavy atom. The van der Waals surface area contributed by atoms with Gasteiger partial charge in [-0.3, -0.25) is 4.68 Å². The molecular weight excluding hydrogens is 216 g/mol. The second-order valence-corrected chi connectivity index (χ2v) is 3.63. The fourth-order valence-corrected chi connectivity index (χ4v) is 1.52. The Labute approximate surface area is 100 Å². The van der Waals surface area contributed by atoms with Crippen molar-refractivity contribution in [3.05, 3.63) is 30.5 Å². The van der Waals surface area contributed by atoms with Crippen LogP contribution in [0, 0.1) is 0 Å². The standard InChI is InChI=1S/C12H16N4O/c1-3-16-7-6-12(15-16)14-11-5-4-9(17-2)8-10(11)13/h4-8H,3,13H2,1-2H3,(H,14,15). The average molecular weight is 232 g/mol. The van der Waals surface area contributed by atoms with Crippen LogP contribution in [0.4, 0.5) is 17.2 Å². The fourth-order valence-electron chi connectivity index (χ4n) is 1.52. The van der Waals surface area contributed by atoms with Crippen molar-refractivity contribution >= 4 is 17.2 Å². The van der Waals surface area contributed by atoms with Gasteiger partial charge in [0.1, 0.15) is 5.75 Å². The van der Waals surface area contributed by atoms with E-state index in [9.17, 15) is 0 Å². The number of hydrogen-bond acceptors (Lipinski definition) is 4. The van der Waals surface area contributed by atoms with Crippen LogP contribution in [-0.4, -0.2) is 16.9 Å². The number of nitrogens with zero attached hydrogens (tertiary/aromatic N) is 2. The lowest BCUT2D eigenvalue weighted by atomic mass is 10.2. The molecule has 2 aromatic rings. The summed E-state index contributed by atoms with van der Waals surface area (Å²) in [6.07, 6.45) is 1.92. The zero-order chi connectivity index (χ0) is 12.3. The van der Waals surface area contributed by atoms with Gasteiger partial charge in [0, 0.05) is 24.9 Å². The number of nitrogens with two attached hydrogens (primary N) is 1. The van der Waals surface area contributed by atoms with Gasteiger partial charge in [-0.2, -0.15) is 5.10 Å². The Balaban J connectivity index is 2.18. The monoisotopic (exact) mass is 232 g/mol. The van der Waals surface area contributed by atoms with E-state index in [1.165, 1.54) is 0 Å². The molecule has 0 bridgehead atoms. The highest BCUT2D eigenvalue weighted by atomic mass is 16.5. The van der Waals surface area contributed by atoms with E-state index < -0.39 is 0 Å². The van der Waals surface area contributed by atoms with Gasteiger partial charge in [-0.1, -0.05) is 0 Å². The molecule has 1 heterocycles. The van der Waals surface area contributed by atoms with Crippen LogP contribution in [0.25, 0.3) is 0 Å². The number of benzene rings is 1. The zero-order valence-corrected chi connectivity index (χ0v) is 9.97. The second-order valence-electron chi connectivity index (χ2n) is 3.63. The molecule has 0 fully saturated rings. The summed E-state index contributed by atoms with van der Waals surface area (Å²) < 4.78 is 6.94. The van der Waals surface area contributed by atoms with E-state index in [-0.39, 0.29) is 0 Å². The van der Waals surface area contributed by atoms with Crippen LogP contribution in [0.3, 0.4) is 0 Å². The molecule has 5 nitrogen and oxygen atoms in total. The lowest BCUT2D eigenvalue weighted by Gasteiger charge is -2.08. The van der Waals surface area contributed by atoms with Gasteiger partial charge in [0.25, 0.3) is 0 Å². The van der Waals surface area contributed by atoms with Crippen LogP contribution in [0.1, 0.15) is 6.92 Å². The predicted octanol–water partition coefficient (Wildman–Crippen LogP) is 2.24. The van der Waals surface area contributed by atoms with Gasteiger partial charge in [-0.15, -0.1) is 0 Å². The molecule has 0 spiro atoms. The maximum atomic E-state index is 5.91. The van der Waals surface area contributed by atoms with E-state index >= 15 is 0 Å². The van der Waals surface area contributed by atoms with Crippen molar-refractivity contribution in [2.45, 2.75) is 13.5 Å². The molecule has 0 aliphatic carbocycles. The van der Waals surface area contributed by atoms with Crippen molar-refractivity contribution in [3.63, 3.8) is 0 Å². The highest BCUT2D eigenvalue weighted by Crippen LogP contribution is 2.26. The van der Waals surface area contributed by atoms with Crippen molar-refractivity contribution in [2.24, 2.45) is 0 Å². The van der Waals surface area contributed by atoms with Crippen LogP contribution < -0.4 is 15.8 Å². The molecule has 2 rings (SSSR count). The van der Waals surface area contributed by atoms with E-state index in [4.69, 9.17) is 10.5 Å². The number of nitrogen functional groups attached to an aromatic ring is 1. The van der Waals surface area contributed by atoms with Crippen LogP contribution in [-0.2, 0) is 6.54 Å². The van der Waals surface area contributed by atoms with E-state index in [0.717, 1.165) is 23.8 Å². The quantitative estimate of drug-likeness (QED) is 0.793. The highest BCUT2D eigenvalue weighted by molar-refractivity contribution is 5.72. The Kier molecular flexibility index (Phi) is 3.18. The minimum atomic E-state index is 0.635. The number of aromatic nitrogens is 2. The molecule has 90 valence electrons. The zero-order valence-electron chi connectivity index (χ0n) is 9.97. The molecule has 0 radical (unpaired) electrons. The first-order chi connectivity index (χ1) is 8.22. The third-order valence-electron chi connectivity index (χ3n) is 2.49. The van der Waals surface area contributed by atoms with E-state index in [1.54, 1.807) is 13.2 Å². The summed E-state index contributed by atoms with van der Waals surface area (Å²) in [6, 6.07) is 7.42. The largest absolute Gasteiger partial charge is 0.497 e. The molecular formula is C12H16N4O. The molecule has 0 amide bonds. The number of rotatable bonds is 4. The smallest absolute Gasteiger partial charge is 0.152 e. The van der Waals surface area contributed by atoms with E-state index in [0.29, 0.717) is 5.69 Å². The van der Waals surface area contributed by atoms with Crippen molar-refractivity contribution in [1.82, 2.24) is 9.78 Å². The Morgan fingerprint density at radius 2 is 2.24 bits per heavy atom. The van der Waals surface area contributed by atoms with Gasteiger partial charge >= 0.3 is 0 Å². The second kappa shape index (κ2) is 4.78. The van der Waals surface area contributed by atoms with E-state index in [2.05, 4.69) is 10.4 Å². The van der Waals surface area contributed by atoms with Gasteiger partial charge < -0.3 is 15.8 Å². The maximum Gasteiger partial charge on any atom is 0.152 e. The molecule has 5 heteroatoms. The number of nitrogens with one attached hydrogen (secondary N) is 1. The summed E-state index contributed by atoms with van der Waals surface area (Å²) in [5.74, 6) is 1.52. The van der Waals surface area contributed by atoms with Gasteiger partial charge in [-0.05, 0) is 19.1 Å². The Hall–Kier alpha value is -2.17. The molecule has 3 N–H and O–H groups in total. The molecule has 0 saturated heterocycles. The van der Waals surface area contributed by atoms with Crippen LogP contribution >= 0.6 is 0 Å². The summed E-state index contributed by atoms with van der Waals surface area (Å²) in [5.41, 5.74) is 7.37. The SMILES string of the molecule is CCn1ccc(Nc2ccc(OC)cc2N)n1. The predicted molar refractivity (Wildman–Crippen MR) is 68.6 cm³/mol. The third-order valence-corrected chi connectivity index (χ3v) is 2.49. The molecule has 17 heavy (non-hydrogen) atoms. The molecule has 0 atom stereocenters. The number of anilines is 3. The number of aryl methyl sites for hydroxylation is 1. The fraction of sp³-hybridized carbons (Fsp3) is 0.250. The lowest BCUT2D eigenvalue weighted by molar-refractivity contribution is 0.415. The Morgan fingerprint density at radius 1 is 1.41 bits per heavy atom. The maximum absolute atomic E-state index is 5.91. The number of hydrogen-bond donors (Lipinski definition) is 2. The average Bonchev–Trinajstić information content (AvgIpc) is 2.79. The molecule has 0 aliphatic heterocycles. The summed E-state index contributed by atoms with van der Waals surface area (Å²) >= 11 is 0. The van der Waals surface area contributed by atoms with Crippen molar-refractivity contribution < 1.29 is 4.74 Å². The highest BCUT2D eigenvalue weighted by Gasteiger charge is 2.03. The van der Waals surface area contributed by atoms with Gasteiger partial charge in [0.05, 0.1) is 18.5 Å². The van der Waals surface area contributed by atoms with Crippen LogP contribution in [0.5, 0.6) is 5.75 Å².